The summed E-state index contributed by atoms with van der Waals surface area (Å²) in [6, 6.07) is 2.21. The first-order valence-electron chi connectivity index (χ1n) is 5.21. The molecule has 0 atom stereocenters. The van der Waals surface area contributed by atoms with E-state index >= 15 is 0 Å². The molecule has 0 aliphatic rings. The predicted octanol–water partition coefficient (Wildman–Crippen LogP) is 3.45. The molecule has 0 spiro atoms. The standard InChI is InChI=1S/C11H18BrNS/c12-6-2-1-3-7-13-8-4-11-5-9-14-10-11/h5,9-10,13H,1-4,6-8H2. The van der Waals surface area contributed by atoms with Crippen molar-refractivity contribution in [1.82, 2.24) is 5.32 Å². The Morgan fingerprint density at radius 2 is 2.14 bits per heavy atom. The van der Waals surface area contributed by atoms with Crippen LogP contribution in [-0.4, -0.2) is 18.4 Å². The maximum absolute atomic E-state index is 3.47. The summed E-state index contributed by atoms with van der Waals surface area (Å²) in [6.45, 7) is 2.28. The Morgan fingerprint density at radius 1 is 1.21 bits per heavy atom. The van der Waals surface area contributed by atoms with Crippen LogP contribution < -0.4 is 5.32 Å². The maximum atomic E-state index is 3.47. The molecular weight excluding hydrogens is 258 g/mol. The summed E-state index contributed by atoms with van der Waals surface area (Å²) in [5.74, 6) is 0. The van der Waals surface area contributed by atoms with Crippen LogP contribution in [0.25, 0.3) is 0 Å². The molecule has 1 N–H and O–H groups in total. The monoisotopic (exact) mass is 275 g/mol. The molecule has 0 fully saturated rings. The highest BCUT2D eigenvalue weighted by atomic mass is 79.9. The highest BCUT2D eigenvalue weighted by molar-refractivity contribution is 9.09. The second-order valence-electron chi connectivity index (χ2n) is 3.38. The van der Waals surface area contributed by atoms with E-state index in [2.05, 4.69) is 38.1 Å². The van der Waals surface area contributed by atoms with Crippen LogP contribution in [0.15, 0.2) is 16.8 Å². The van der Waals surface area contributed by atoms with Crippen molar-refractivity contribution in [3.05, 3.63) is 22.4 Å². The minimum absolute atomic E-state index is 1.12. The van der Waals surface area contributed by atoms with Gasteiger partial charge in [-0.1, -0.05) is 22.4 Å². The van der Waals surface area contributed by atoms with Crippen LogP contribution in [0, 0.1) is 0 Å². The van der Waals surface area contributed by atoms with Gasteiger partial charge in [0, 0.05) is 5.33 Å². The Kier molecular flexibility index (Phi) is 7.37. The molecule has 3 heteroatoms. The molecule has 1 nitrogen and oxygen atoms in total. The Hall–Kier alpha value is 0.140. The fraction of sp³-hybridized carbons (Fsp3) is 0.636. The van der Waals surface area contributed by atoms with Crippen molar-refractivity contribution in [2.24, 2.45) is 0 Å². The zero-order chi connectivity index (χ0) is 10.1. The summed E-state index contributed by atoms with van der Waals surface area (Å²) in [5.41, 5.74) is 1.46. The molecule has 1 rings (SSSR count). The average Bonchev–Trinajstić information content (AvgIpc) is 2.69. The smallest absolute Gasteiger partial charge is 0.00313 e. The van der Waals surface area contributed by atoms with Gasteiger partial charge in [0.05, 0.1) is 0 Å². The highest BCUT2D eigenvalue weighted by Crippen LogP contribution is 2.05. The van der Waals surface area contributed by atoms with Crippen LogP contribution in [-0.2, 0) is 6.42 Å². The third-order valence-corrected chi connectivity index (χ3v) is 3.45. The normalized spacial score (nSPS) is 10.6. The molecule has 0 aliphatic heterocycles. The van der Waals surface area contributed by atoms with Gasteiger partial charge in [0.25, 0.3) is 0 Å². The van der Waals surface area contributed by atoms with Gasteiger partial charge in [-0.3, -0.25) is 0 Å². The fourth-order valence-electron chi connectivity index (χ4n) is 1.31. The van der Waals surface area contributed by atoms with E-state index < -0.39 is 0 Å². The van der Waals surface area contributed by atoms with Crippen molar-refractivity contribution in [1.29, 1.82) is 0 Å². The zero-order valence-electron chi connectivity index (χ0n) is 8.47. The lowest BCUT2D eigenvalue weighted by Gasteiger charge is -2.02. The van der Waals surface area contributed by atoms with Crippen LogP contribution >= 0.6 is 27.3 Å². The van der Waals surface area contributed by atoms with Crippen LogP contribution in [0.5, 0.6) is 0 Å². The Labute approximate surface area is 99.0 Å². The minimum Gasteiger partial charge on any atom is -0.316 e. The number of thiophene rings is 1. The SMILES string of the molecule is BrCCCCCNCCc1ccsc1. The Balaban J connectivity index is 1.85. The van der Waals surface area contributed by atoms with Gasteiger partial charge in [-0.05, 0) is 54.7 Å². The van der Waals surface area contributed by atoms with E-state index in [1.807, 2.05) is 0 Å². The molecule has 0 aromatic carbocycles. The van der Waals surface area contributed by atoms with Crippen molar-refractivity contribution >= 4 is 27.3 Å². The van der Waals surface area contributed by atoms with E-state index in [9.17, 15) is 0 Å². The summed E-state index contributed by atoms with van der Waals surface area (Å²) < 4.78 is 0. The van der Waals surface area contributed by atoms with Crippen molar-refractivity contribution in [3.63, 3.8) is 0 Å². The molecule has 80 valence electrons. The van der Waals surface area contributed by atoms with Gasteiger partial charge in [0.1, 0.15) is 0 Å². The molecule has 0 unspecified atom stereocenters. The van der Waals surface area contributed by atoms with Crippen LogP contribution in [0.1, 0.15) is 24.8 Å². The summed E-state index contributed by atoms with van der Waals surface area (Å²) in [6.07, 6.45) is 5.10. The summed E-state index contributed by atoms with van der Waals surface area (Å²) in [5, 5.41) is 8.99. The molecule has 1 aromatic heterocycles. The molecule has 0 saturated carbocycles. The molecule has 0 amide bonds. The van der Waals surface area contributed by atoms with E-state index in [4.69, 9.17) is 0 Å². The lowest BCUT2D eigenvalue weighted by Crippen LogP contribution is -2.18. The van der Waals surface area contributed by atoms with E-state index in [1.54, 1.807) is 11.3 Å². The first kappa shape index (κ1) is 12.2. The van der Waals surface area contributed by atoms with Crippen molar-refractivity contribution in [2.45, 2.75) is 25.7 Å². The van der Waals surface area contributed by atoms with Gasteiger partial charge >= 0.3 is 0 Å². The number of unbranched alkanes of at least 4 members (excludes halogenated alkanes) is 2. The second-order valence-corrected chi connectivity index (χ2v) is 4.95. The first-order chi connectivity index (χ1) is 6.93. The van der Waals surface area contributed by atoms with Gasteiger partial charge in [-0.25, -0.2) is 0 Å². The van der Waals surface area contributed by atoms with E-state index in [1.165, 1.54) is 31.2 Å². The molecule has 0 bridgehead atoms. The number of hydrogen-bond donors (Lipinski definition) is 1. The highest BCUT2D eigenvalue weighted by Gasteiger charge is 1.92. The lowest BCUT2D eigenvalue weighted by atomic mass is 10.2. The number of halogens is 1. The van der Waals surface area contributed by atoms with Gasteiger partial charge in [0.15, 0.2) is 0 Å². The Bertz CT molecular complexity index is 211. The van der Waals surface area contributed by atoms with Crippen LogP contribution in [0.4, 0.5) is 0 Å². The number of rotatable bonds is 8. The van der Waals surface area contributed by atoms with Crippen molar-refractivity contribution < 1.29 is 0 Å². The van der Waals surface area contributed by atoms with Gasteiger partial charge in [-0.2, -0.15) is 11.3 Å². The quantitative estimate of drug-likeness (QED) is 0.566. The summed E-state index contributed by atoms with van der Waals surface area (Å²) >= 11 is 5.22. The number of alkyl halides is 1. The van der Waals surface area contributed by atoms with Crippen molar-refractivity contribution in [3.8, 4) is 0 Å². The largest absolute Gasteiger partial charge is 0.316 e. The maximum Gasteiger partial charge on any atom is 0.00313 e. The third kappa shape index (κ3) is 5.78. The fourth-order valence-corrected chi connectivity index (χ4v) is 2.41. The molecule has 14 heavy (non-hydrogen) atoms. The summed E-state index contributed by atoms with van der Waals surface area (Å²) in [4.78, 5) is 0. The molecular formula is C11H18BrNS. The van der Waals surface area contributed by atoms with Crippen LogP contribution in [0.3, 0.4) is 0 Å². The molecule has 0 saturated heterocycles. The molecule has 0 radical (unpaired) electrons. The van der Waals surface area contributed by atoms with Crippen LogP contribution in [0.2, 0.25) is 0 Å². The first-order valence-corrected chi connectivity index (χ1v) is 7.27. The van der Waals surface area contributed by atoms with Crippen molar-refractivity contribution in [2.75, 3.05) is 18.4 Å². The predicted molar refractivity (Wildman–Crippen MR) is 68.5 cm³/mol. The second kappa shape index (κ2) is 8.45. The zero-order valence-corrected chi connectivity index (χ0v) is 10.9. The van der Waals surface area contributed by atoms with Gasteiger partial charge in [0.2, 0.25) is 0 Å². The number of hydrogen-bond acceptors (Lipinski definition) is 2. The Morgan fingerprint density at radius 3 is 2.86 bits per heavy atom. The summed E-state index contributed by atoms with van der Waals surface area (Å²) in [7, 11) is 0. The third-order valence-electron chi connectivity index (χ3n) is 2.16. The lowest BCUT2D eigenvalue weighted by molar-refractivity contribution is 0.619. The van der Waals surface area contributed by atoms with E-state index in [0.29, 0.717) is 0 Å². The number of nitrogens with one attached hydrogen (secondary N) is 1. The van der Waals surface area contributed by atoms with E-state index in [-0.39, 0.29) is 0 Å². The molecule has 0 aliphatic carbocycles. The molecule has 1 heterocycles. The molecule has 1 aromatic rings. The van der Waals surface area contributed by atoms with Gasteiger partial charge < -0.3 is 5.32 Å². The van der Waals surface area contributed by atoms with Gasteiger partial charge in [-0.15, -0.1) is 0 Å². The topological polar surface area (TPSA) is 12.0 Å². The van der Waals surface area contributed by atoms with E-state index in [0.717, 1.165) is 18.4 Å². The average molecular weight is 276 g/mol. The minimum atomic E-state index is 1.12.